The molecule has 0 aliphatic rings. The number of imidazole rings is 1. The van der Waals surface area contributed by atoms with Crippen molar-refractivity contribution >= 4 is 16.7 Å². The van der Waals surface area contributed by atoms with Crippen LogP contribution in [0.15, 0.2) is 42.5 Å². The number of anilines is 1. The number of rotatable bonds is 3. The number of nitrogens with zero attached hydrogens (tertiary/aromatic N) is 1. The van der Waals surface area contributed by atoms with Crippen LogP contribution >= 0.6 is 0 Å². The highest BCUT2D eigenvalue weighted by molar-refractivity contribution is 5.79. The minimum Gasteiger partial charge on any atom is -0.378 e. The molecule has 1 unspecified atom stereocenters. The van der Waals surface area contributed by atoms with Crippen molar-refractivity contribution in [2.45, 2.75) is 26.8 Å². The summed E-state index contributed by atoms with van der Waals surface area (Å²) in [5.74, 6) is 0.948. The maximum absolute atomic E-state index is 4.42. The topological polar surface area (TPSA) is 40.7 Å². The summed E-state index contributed by atoms with van der Waals surface area (Å²) in [7, 11) is 0. The summed E-state index contributed by atoms with van der Waals surface area (Å²) >= 11 is 0. The predicted octanol–water partition coefficient (Wildman–Crippen LogP) is 4.35. The van der Waals surface area contributed by atoms with Crippen molar-refractivity contribution in [3.8, 4) is 0 Å². The molecule has 0 aliphatic carbocycles. The molecule has 0 saturated heterocycles. The fourth-order valence-corrected chi connectivity index (χ4v) is 2.63. The number of H-pyrrole nitrogens is 1. The third kappa shape index (κ3) is 2.39. The first kappa shape index (κ1) is 12.7. The molecule has 2 aromatic carbocycles. The zero-order valence-corrected chi connectivity index (χ0v) is 12.1. The normalized spacial score (nSPS) is 12.6. The molecule has 0 saturated carbocycles. The zero-order chi connectivity index (χ0) is 14.1. The lowest BCUT2D eigenvalue weighted by Gasteiger charge is -2.17. The average Bonchev–Trinajstić information content (AvgIpc) is 2.78. The Morgan fingerprint density at radius 3 is 2.70 bits per heavy atom. The lowest BCUT2D eigenvalue weighted by Crippen LogP contribution is -2.07. The number of aromatic amines is 1. The standard InChI is InChI=1S/C17H19N3/c1-11-6-4-5-7-15(11)12(2)18-14-8-9-16-17(10-14)20-13(3)19-16/h4-10,12,18H,1-3H3,(H,19,20). The molecule has 3 heteroatoms. The van der Waals surface area contributed by atoms with Crippen molar-refractivity contribution < 1.29 is 0 Å². The molecule has 1 heterocycles. The number of aromatic nitrogens is 2. The summed E-state index contributed by atoms with van der Waals surface area (Å²) in [6, 6.07) is 15.0. The van der Waals surface area contributed by atoms with Crippen LogP contribution in [0.5, 0.6) is 0 Å². The molecule has 0 fully saturated rings. The molecule has 3 rings (SSSR count). The Bertz CT molecular complexity index is 743. The SMILES string of the molecule is Cc1nc2ccc(NC(C)c3ccccc3C)cc2[nH]1. The van der Waals surface area contributed by atoms with Crippen LogP contribution in [0, 0.1) is 13.8 Å². The highest BCUT2D eigenvalue weighted by atomic mass is 14.9. The molecular formula is C17H19N3. The Labute approximate surface area is 119 Å². The van der Waals surface area contributed by atoms with E-state index < -0.39 is 0 Å². The second kappa shape index (κ2) is 5.00. The van der Waals surface area contributed by atoms with E-state index >= 15 is 0 Å². The van der Waals surface area contributed by atoms with E-state index in [1.165, 1.54) is 11.1 Å². The maximum atomic E-state index is 4.42. The van der Waals surface area contributed by atoms with Crippen molar-refractivity contribution in [1.29, 1.82) is 0 Å². The Morgan fingerprint density at radius 1 is 1.10 bits per heavy atom. The van der Waals surface area contributed by atoms with Gasteiger partial charge < -0.3 is 10.3 Å². The van der Waals surface area contributed by atoms with Gasteiger partial charge in [0.1, 0.15) is 5.82 Å². The fourth-order valence-electron chi connectivity index (χ4n) is 2.63. The van der Waals surface area contributed by atoms with Crippen LogP contribution < -0.4 is 5.32 Å². The smallest absolute Gasteiger partial charge is 0.104 e. The monoisotopic (exact) mass is 265 g/mol. The predicted molar refractivity (Wildman–Crippen MR) is 84.0 cm³/mol. The second-order valence-electron chi connectivity index (χ2n) is 5.28. The zero-order valence-electron chi connectivity index (χ0n) is 12.1. The summed E-state index contributed by atoms with van der Waals surface area (Å²) in [5, 5.41) is 3.55. The van der Waals surface area contributed by atoms with Gasteiger partial charge in [0, 0.05) is 11.7 Å². The van der Waals surface area contributed by atoms with Crippen LogP contribution in [0.4, 0.5) is 5.69 Å². The summed E-state index contributed by atoms with van der Waals surface area (Å²) in [4.78, 5) is 7.69. The van der Waals surface area contributed by atoms with Crippen molar-refractivity contribution in [2.75, 3.05) is 5.32 Å². The van der Waals surface area contributed by atoms with Gasteiger partial charge in [-0.15, -0.1) is 0 Å². The van der Waals surface area contributed by atoms with Gasteiger partial charge in [-0.2, -0.15) is 0 Å². The largest absolute Gasteiger partial charge is 0.378 e. The number of hydrogen-bond donors (Lipinski definition) is 2. The van der Waals surface area contributed by atoms with E-state index in [1.807, 2.05) is 13.0 Å². The lowest BCUT2D eigenvalue weighted by atomic mass is 10.0. The molecule has 0 bridgehead atoms. The number of fused-ring (bicyclic) bond motifs is 1. The first-order valence-corrected chi connectivity index (χ1v) is 6.92. The summed E-state index contributed by atoms with van der Waals surface area (Å²) in [6.45, 7) is 6.31. The molecule has 20 heavy (non-hydrogen) atoms. The van der Waals surface area contributed by atoms with Crippen LogP contribution in [-0.2, 0) is 0 Å². The fraction of sp³-hybridized carbons (Fsp3) is 0.235. The van der Waals surface area contributed by atoms with Gasteiger partial charge in [-0.05, 0) is 50.1 Å². The summed E-state index contributed by atoms with van der Waals surface area (Å²) in [6.07, 6.45) is 0. The van der Waals surface area contributed by atoms with Crippen LogP contribution in [0.1, 0.15) is 29.9 Å². The van der Waals surface area contributed by atoms with Gasteiger partial charge in [-0.25, -0.2) is 4.98 Å². The first-order valence-electron chi connectivity index (χ1n) is 6.92. The molecule has 3 aromatic rings. The van der Waals surface area contributed by atoms with Gasteiger partial charge in [0.2, 0.25) is 0 Å². The van der Waals surface area contributed by atoms with E-state index in [9.17, 15) is 0 Å². The lowest BCUT2D eigenvalue weighted by molar-refractivity contribution is 0.874. The number of nitrogens with one attached hydrogen (secondary N) is 2. The average molecular weight is 265 g/mol. The van der Waals surface area contributed by atoms with Gasteiger partial charge in [-0.1, -0.05) is 24.3 Å². The minimum absolute atomic E-state index is 0.276. The van der Waals surface area contributed by atoms with Crippen molar-refractivity contribution in [3.05, 3.63) is 59.4 Å². The maximum Gasteiger partial charge on any atom is 0.104 e. The molecule has 0 spiro atoms. The first-order chi connectivity index (χ1) is 9.63. The molecule has 0 amide bonds. The van der Waals surface area contributed by atoms with E-state index in [0.717, 1.165) is 22.5 Å². The van der Waals surface area contributed by atoms with Gasteiger partial charge in [0.25, 0.3) is 0 Å². The molecule has 1 atom stereocenters. The number of hydrogen-bond acceptors (Lipinski definition) is 2. The molecule has 2 N–H and O–H groups in total. The molecule has 0 radical (unpaired) electrons. The van der Waals surface area contributed by atoms with Gasteiger partial charge in [0.05, 0.1) is 11.0 Å². The Morgan fingerprint density at radius 2 is 1.90 bits per heavy atom. The van der Waals surface area contributed by atoms with Gasteiger partial charge in [0.15, 0.2) is 0 Å². The van der Waals surface area contributed by atoms with Crippen molar-refractivity contribution in [2.24, 2.45) is 0 Å². The highest BCUT2D eigenvalue weighted by Crippen LogP contribution is 2.24. The summed E-state index contributed by atoms with van der Waals surface area (Å²) in [5.41, 5.74) is 5.83. The van der Waals surface area contributed by atoms with Crippen LogP contribution in [0.3, 0.4) is 0 Å². The minimum atomic E-state index is 0.276. The van der Waals surface area contributed by atoms with E-state index in [0.29, 0.717) is 0 Å². The third-order valence-electron chi connectivity index (χ3n) is 3.64. The molecule has 1 aromatic heterocycles. The quantitative estimate of drug-likeness (QED) is 0.739. The van der Waals surface area contributed by atoms with Gasteiger partial charge in [-0.3, -0.25) is 0 Å². The van der Waals surface area contributed by atoms with Gasteiger partial charge >= 0.3 is 0 Å². The molecule has 102 valence electrons. The van der Waals surface area contributed by atoms with Crippen LogP contribution in [-0.4, -0.2) is 9.97 Å². The van der Waals surface area contributed by atoms with E-state index in [1.54, 1.807) is 0 Å². The Hall–Kier alpha value is -2.29. The van der Waals surface area contributed by atoms with E-state index in [4.69, 9.17) is 0 Å². The highest BCUT2D eigenvalue weighted by Gasteiger charge is 2.08. The second-order valence-corrected chi connectivity index (χ2v) is 5.28. The number of benzene rings is 2. The molecular weight excluding hydrogens is 246 g/mol. The van der Waals surface area contributed by atoms with E-state index in [2.05, 4.69) is 65.5 Å². The Kier molecular flexibility index (Phi) is 3.18. The summed E-state index contributed by atoms with van der Waals surface area (Å²) < 4.78 is 0. The van der Waals surface area contributed by atoms with Crippen LogP contribution in [0.2, 0.25) is 0 Å². The van der Waals surface area contributed by atoms with Crippen LogP contribution in [0.25, 0.3) is 11.0 Å². The molecule has 3 nitrogen and oxygen atoms in total. The Balaban J connectivity index is 1.87. The number of aryl methyl sites for hydroxylation is 2. The third-order valence-corrected chi connectivity index (χ3v) is 3.64. The van der Waals surface area contributed by atoms with E-state index in [-0.39, 0.29) is 6.04 Å². The van der Waals surface area contributed by atoms with Crippen molar-refractivity contribution in [3.63, 3.8) is 0 Å². The van der Waals surface area contributed by atoms with Crippen molar-refractivity contribution in [1.82, 2.24) is 9.97 Å². The molecule has 0 aliphatic heterocycles.